The Morgan fingerprint density at radius 2 is 1.75 bits per heavy atom. The second kappa shape index (κ2) is 11.9. The summed E-state index contributed by atoms with van der Waals surface area (Å²) in [6, 6.07) is 16.7. The van der Waals surface area contributed by atoms with E-state index in [2.05, 4.69) is 32.1 Å². The Kier molecular flexibility index (Phi) is 7.90. The van der Waals surface area contributed by atoms with Gasteiger partial charge in [-0.15, -0.1) is 0 Å². The highest BCUT2D eigenvalue weighted by Crippen LogP contribution is 2.30. The highest BCUT2D eigenvalue weighted by Gasteiger charge is 2.18. The Labute approximate surface area is 255 Å². The maximum Gasteiger partial charge on any atom is 0.274 e. The van der Waals surface area contributed by atoms with Crippen molar-refractivity contribution >= 4 is 33.9 Å². The molecule has 4 heterocycles. The van der Waals surface area contributed by atoms with Crippen LogP contribution in [0, 0.1) is 0 Å². The van der Waals surface area contributed by atoms with Crippen LogP contribution in [0.1, 0.15) is 5.56 Å². The highest BCUT2D eigenvalue weighted by molar-refractivity contribution is 5.85. The molecule has 6 rings (SSSR count). The molecule has 1 aliphatic rings. The van der Waals surface area contributed by atoms with Crippen molar-refractivity contribution in [1.29, 1.82) is 0 Å². The van der Waals surface area contributed by atoms with Crippen molar-refractivity contribution in [2.75, 3.05) is 62.4 Å². The predicted molar refractivity (Wildman–Crippen MR) is 175 cm³/mol. The van der Waals surface area contributed by atoms with Crippen LogP contribution in [0.4, 0.5) is 23.1 Å². The number of aryl methyl sites for hydroxylation is 1. The lowest BCUT2D eigenvalue weighted by Crippen LogP contribution is -2.45. The van der Waals surface area contributed by atoms with Gasteiger partial charge in [-0.3, -0.25) is 14.2 Å². The number of fused-ring (bicyclic) bond motifs is 1. The van der Waals surface area contributed by atoms with Gasteiger partial charge in [0.25, 0.3) is 11.1 Å². The van der Waals surface area contributed by atoms with E-state index in [1.807, 2.05) is 61.5 Å². The second-order valence-electron chi connectivity index (χ2n) is 11.3. The second-order valence-corrected chi connectivity index (χ2v) is 11.3. The van der Waals surface area contributed by atoms with E-state index in [-0.39, 0.29) is 17.7 Å². The van der Waals surface area contributed by atoms with Gasteiger partial charge in [-0.25, -0.2) is 4.98 Å². The number of hydrogen-bond acceptors (Lipinski definition) is 9. The van der Waals surface area contributed by atoms with Crippen molar-refractivity contribution in [3.63, 3.8) is 0 Å². The zero-order valence-electron chi connectivity index (χ0n) is 25.4. The number of piperazine rings is 1. The van der Waals surface area contributed by atoms with Gasteiger partial charge in [0, 0.05) is 88.1 Å². The van der Waals surface area contributed by atoms with Gasteiger partial charge in [-0.05, 0) is 60.5 Å². The topological polar surface area (TPSA) is 112 Å². The molecule has 2 aromatic carbocycles. The molecule has 1 aliphatic heterocycles. The van der Waals surface area contributed by atoms with E-state index in [9.17, 15) is 14.7 Å². The minimum atomic E-state index is -0.304. The molecule has 0 bridgehead atoms. The fourth-order valence-electron chi connectivity index (χ4n) is 5.60. The van der Waals surface area contributed by atoms with Crippen LogP contribution >= 0.6 is 0 Å². The lowest BCUT2D eigenvalue weighted by atomic mass is 9.99. The number of rotatable bonds is 7. The van der Waals surface area contributed by atoms with E-state index in [0.717, 1.165) is 37.3 Å². The van der Waals surface area contributed by atoms with Gasteiger partial charge in [0.2, 0.25) is 5.95 Å². The van der Waals surface area contributed by atoms with Crippen molar-refractivity contribution < 1.29 is 5.11 Å². The molecule has 11 heteroatoms. The van der Waals surface area contributed by atoms with Crippen molar-refractivity contribution in [3.8, 4) is 16.8 Å². The lowest BCUT2D eigenvalue weighted by Gasteiger charge is -2.32. The molecule has 44 heavy (non-hydrogen) atoms. The molecule has 226 valence electrons. The monoisotopic (exact) mass is 592 g/mol. The molecule has 0 radical (unpaired) electrons. The summed E-state index contributed by atoms with van der Waals surface area (Å²) in [6.45, 7) is 3.21. The third-order valence-electron chi connectivity index (χ3n) is 8.16. The Morgan fingerprint density at radius 1 is 0.955 bits per heavy atom. The molecule has 2 N–H and O–H groups in total. The van der Waals surface area contributed by atoms with Crippen molar-refractivity contribution in [2.24, 2.45) is 7.05 Å². The quantitative estimate of drug-likeness (QED) is 0.294. The molecular formula is C33H36N8O3. The SMILES string of the molecule is CN1CCN(c2nccc(Nc3cc(-c4cccc(-n5ccc6cc(N(C)C)ccc6c5=O)c4CO)cn(C)c3=O)n2)CC1. The van der Waals surface area contributed by atoms with Crippen LogP contribution in [0.3, 0.4) is 0 Å². The minimum absolute atomic E-state index is 0.178. The van der Waals surface area contributed by atoms with Gasteiger partial charge in [0.1, 0.15) is 11.5 Å². The summed E-state index contributed by atoms with van der Waals surface area (Å²) in [4.78, 5) is 42.4. The first-order valence-corrected chi connectivity index (χ1v) is 14.5. The molecule has 0 aliphatic carbocycles. The Morgan fingerprint density at radius 3 is 2.50 bits per heavy atom. The maximum atomic E-state index is 13.6. The van der Waals surface area contributed by atoms with Crippen LogP contribution in [-0.4, -0.2) is 76.4 Å². The highest BCUT2D eigenvalue weighted by atomic mass is 16.3. The summed E-state index contributed by atoms with van der Waals surface area (Å²) in [7, 11) is 7.70. The number of aliphatic hydroxyl groups excluding tert-OH is 1. The molecular weight excluding hydrogens is 556 g/mol. The Balaban J connectivity index is 1.38. The predicted octanol–water partition coefficient (Wildman–Crippen LogP) is 3.20. The number of anilines is 4. The van der Waals surface area contributed by atoms with E-state index < -0.39 is 0 Å². The first kappa shape index (κ1) is 29.1. The largest absolute Gasteiger partial charge is 0.392 e. The molecule has 0 saturated carbocycles. The van der Waals surface area contributed by atoms with Crippen LogP contribution < -0.4 is 26.2 Å². The molecule has 5 aromatic rings. The molecule has 11 nitrogen and oxygen atoms in total. The lowest BCUT2D eigenvalue weighted by molar-refractivity contribution is 0.282. The first-order chi connectivity index (χ1) is 21.2. The smallest absolute Gasteiger partial charge is 0.274 e. The molecule has 0 amide bonds. The van der Waals surface area contributed by atoms with E-state index in [4.69, 9.17) is 0 Å². The van der Waals surface area contributed by atoms with Crippen LogP contribution in [0.5, 0.6) is 0 Å². The standard InChI is InChI=1S/C33H36N8O3/c1-37(2)24-8-9-26-22(18-24)11-13-41(31(26)43)29-7-5-6-25(27(29)21-42)23-19-28(32(44)39(4)20-23)35-30-10-12-34-33(36-30)40-16-14-38(3)15-17-40/h5-13,18-20,42H,14-17,21H2,1-4H3,(H,34,35,36). The molecule has 1 fully saturated rings. The third kappa shape index (κ3) is 5.54. The number of aliphatic hydroxyl groups is 1. The average molecular weight is 593 g/mol. The third-order valence-corrected chi connectivity index (χ3v) is 8.16. The fourth-order valence-corrected chi connectivity index (χ4v) is 5.60. The van der Waals surface area contributed by atoms with E-state index in [1.54, 1.807) is 42.3 Å². The zero-order valence-corrected chi connectivity index (χ0v) is 25.4. The summed E-state index contributed by atoms with van der Waals surface area (Å²) >= 11 is 0. The van der Waals surface area contributed by atoms with E-state index in [1.165, 1.54) is 4.57 Å². The fraction of sp³-hybridized carbons (Fsp3) is 0.273. The normalized spacial score (nSPS) is 13.8. The zero-order chi connectivity index (χ0) is 31.0. The Bertz CT molecular complexity index is 1960. The number of hydrogen-bond donors (Lipinski definition) is 2. The van der Waals surface area contributed by atoms with Gasteiger partial charge in [-0.2, -0.15) is 4.98 Å². The van der Waals surface area contributed by atoms with Gasteiger partial charge in [0.05, 0.1) is 12.3 Å². The molecule has 0 spiro atoms. The minimum Gasteiger partial charge on any atom is -0.392 e. The summed E-state index contributed by atoms with van der Waals surface area (Å²) in [5.74, 6) is 1.13. The molecule has 0 unspecified atom stereocenters. The van der Waals surface area contributed by atoms with Gasteiger partial charge in [0.15, 0.2) is 0 Å². The van der Waals surface area contributed by atoms with Crippen molar-refractivity contribution in [2.45, 2.75) is 6.61 Å². The number of benzene rings is 2. The number of aromatic nitrogens is 4. The number of likely N-dealkylation sites (N-methyl/N-ethyl adjacent to an activating group) is 1. The summed E-state index contributed by atoms with van der Waals surface area (Å²) < 4.78 is 3.06. The number of nitrogens with one attached hydrogen (secondary N) is 1. The van der Waals surface area contributed by atoms with Crippen LogP contribution in [0.25, 0.3) is 27.6 Å². The van der Waals surface area contributed by atoms with Gasteiger partial charge < -0.3 is 29.7 Å². The number of pyridine rings is 2. The summed E-state index contributed by atoms with van der Waals surface area (Å²) in [5, 5.41) is 15.2. The maximum absolute atomic E-state index is 13.6. The first-order valence-electron chi connectivity index (χ1n) is 14.5. The van der Waals surface area contributed by atoms with E-state index in [0.29, 0.717) is 45.2 Å². The number of nitrogens with zero attached hydrogens (tertiary/aromatic N) is 7. The van der Waals surface area contributed by atoms with Crippen LogP contribution in [-0.2, 0) is 13.7 Å². The van der Waals surface area contributed by atoms with Crippen LogP contribution in [0.2, 0.25) is 0 Å². The average Bonchev–Trinajstić information content (AvgIpc) is 3.03. The van der Waals surface area contributed by atoms with Crippen molar-refractivity contribution in [3.05, 3.63) is 99.5 Å². The van der Waals surface area contributed by atoms with Gasteiger partial charge in [-0.1, -0.05) is 12.1 Å². The van der Waals surface area contributed by atoms with E-state index >= 15 is 0 Å². The molecule has 1 saturated heterocycles. The van der Waals surface area contributed by atoms with Crippen LogP contribution in [0.15, 0.2) is 82.8 Å². The summed E-state index contributed by atoms with van der Waals surface area (Å²) in [5.41, 5.74) is 3.50. The van der Waals surface area contributed by atoms with Crippen molar-refractivity contribution in [1.82, 2.24) is 24.0 Å². The molecule has 0 atom stereocenters. The van der Waals surface area contributed by atoms with Gasteiger partial charge >= 0.3 is 0 Å². The summed E-state index contributed by atoms with van der Waals surface area (Å²) in [6.07, 6.45) is 5.16. The molecule has 3 aromatic heterocycles. The Hall–Kier alpha value is -5.00.